The lowest BCUT2D eigenvalue weighted by Crippen LogP contribution is -2.28. The van der Waals surface area contributed by atoms with Crippen molar-refractivity contribution < 1.29 is 13.2 Å². The van der Waals surface area contributed by atoms with Gasteiger partial charge in [0.05, 0.1) is 16.1 Å². The number of benzene rings is 2. The van der Waals surface area contributed by atoms with E-state index in [1.165, 1.54) is 0 Å². The fraction of sp³-hybridized carbons (Fsp3) is 0.381. The molecule has 0 aromatic heterocycles. The van der Waals surface area contributed by atoms with E-state index in [2.05, 4.69) is 25.5 Å². The number of nitrogens with zero attached hydrogens (tertiary/aromatic N) is 1. The van der Waals surface area contributed by atoms with Crippen LogP contribution in [0, 0.1) is 0 Å². The quantitative estimate of drug-likeness (QED) is 0.863. The van der Waals surface area contributed by atoms with Gasteiger partial charge in [0.25, 0.3) is 15.9 Å². The van der Waals surface area contributed by atoms with E-state index in [1.54, 1.807) is 41.3 Å². The van der Waals surface area contributed by atoms with Crippen LogP contribution in [0.4, 0.5) is 5.69 Å². The second-order valence-electron chi connectivity index (χ2n) is 7.92. The molecule has 2 aromatic rings. The second-order valence-corrected chi connectivity index (χ2v) is 9.61. The van der Waals surface area contributed by atoms with Crippen LogP contribution in [0.15, 0.2) is 53.4 Å². The van der Waals surface area contributed by atoms with Crippen LogP contribution in [0.25, 0.3) is 0 Å². The van der Waals surface area contributed by atoms with Gasteiger partial charge < -0.3 is 4.90 Å². The smallest absolute Gasteiger partial charge is 0.261 e. The van der Waals surface area contributed by atoms with Gasteiger partial charge in [-0.25, -0.2) is 8.42 Å². The molecule has 1 amide bonds. The van der Waals surface area contributed by atoms with Gasteiger partial charge in [0.15, 0.2) is 0 Å². The SMILES string of the molecule is CC(C)(C)c1ccc(S(=O)(=O)Nc2ccccc2C(=O)N2CCCC2)cc1. The number of hydrogen-bond acceptors (Lipinski definition) is 3. The highest BCUT2D eigenvalue weighted by Crippen LogP contribution is 2.26. The summed E-state index contributed by atoms with van der Waals surface area (Å²) in [5.74, 6) is -0.131. The molecule has 0 spiro atoms. The number of para-hydroxylation sites is 1. The molecule has 3 rings (SSSR count). The van der Waals surface area contributed by atoms with Crippen LogP contribution in [0.2, 0.25) is 0 Å². The third kappa shape index (κ3) is 4.33. The Morgan fingerprint density at radius 2 is 1.56 bits per heavy atom. The first-order chi connectivity index (χ1) is 12.7. The molecular formula is C21H26N2O3S. The Labute approximate surface area is 161 Å². The summed E-state index contributed by atoms with van der Waals surface area (Å²) in [4.78, 5) is 14.7. The molecule has 6 heteroatoms. The Morgan fingerprint density at radius 1 is 0.963 bits per heavy atom. The molecule has 144 valence electrons. The molecule has 0 radical (unpaired) electrons. The van der Waals surface area contributed by atoms with Crippen molar-refractivity contribution in [3.63, 3.8) is 0 Å². The molecule has 27 heavy (non-hydrogen) atoms. The molecule has 0 atom stereocenters. The van der Waals surface area contributed by atoms with Gasteiger partial charge in [-0.2, -0.15) is 0 Å². The fourth-order valence-corrected chi connectivity index (χ4v) is 4.27. The van der Waals surface area contributed by atoms with Crippen LogP contribution in [-0.4, -0.2) is 32.3 Å². The van der Waals surface area contributed by atoms with Crippen molar-refractivity contribution in [1.82, 2.24) is 4.90 Å². The van der Waals surface area contributed by atoms with E-state index in [0.29, 0.717) is 24.3 Å². The zero-order valence-corrected chi connectivity index (χ0v) is 16.8. The van der Waals surface area contributed by atoms with Crippen molar-refractivity contribution in [1.29, 1.82) is 0 Å². The number of likely N-dealkylation sites (tertiary alicyclic amines) is 1. The van der Waals surface area contributed by atoms with Crippen LogP contribution in [-0.2, 0) is 15.4 Å². The summed E-state index contributed by atoms with van der Waals surface area (Å²) in [5.41, 5.74) is 1.71. The van der Waals surface area contributed by atoms with Crippen LogP contribution < -0.4 is 4.72 Å². The normalized spacial score (nSPS) is 15.0. The minimum Gasteiger partial charge on any atom is -0.339 e. The lowest BCUT2D eigenvalue weighted by atomic mass is 9.87. The number of rotatable bonds is 4. The van der Waals surface area contributed by atoms with E-state index in [0.717, 1.165) is 18.4 Å². The van der Waals surface area contributed by atoms with Crippen LogP contribution >= 0.6 is 0 Å². The average Bonchev–Trinajstić information content (AvgIpc) is 3.15. The lowest BCUT2D eigenvalue weighted by molar-refractivity contribution is 0.0794. The van der Waals surface area contributed by atoms with Crippen molar-refractivity contribution in [2.75, 3.05) is 17.8 Å². The predicted molar refractivity (Wildman–Crippen MR) is 108 cm³/mol. The number of hydrogen-bond donors (Lipinski definition) is 1. The van der Waals surface area contributed by atoms with Crippen molar-refractivity contribution >= 4 is 21.6 Å². The molecule has 5 nitrogen and oxygen atoms in total. The molecule has 0 bridgehead atoms. The lowest BCUT2D eigenvalue weighted by Gasteiger charge is -2.20. The maximum atomic E-state index is 12.8. The minimum atomic E-state index is -3.78. The van der Waals surface area contributed by atoms with E-state index in [9.17, 15) is 13.2 Å². The minimum absolute atomic E-state index is 0.0511. The van der Waals surface area contributed by atoms with E-state index < -0.39 is 10.0 Å². The summed E-state index contributed by atoms with van der Waals surface area (Å²) >= 11 is 0. The average molecular weight is 387 g/mol. The number of nitrogens with one attached hydrogen (secondary N) is 1. The molecule has 1 aliphatic rings. The van der Waals surface area contributed by atoms with Crippen molar-refractivity contribution in [2.24, 2.45) is 0 Å². The second kappa shape index (κ2) is 7.35. The predicted octanol–water partition coefficient (Wildman–Crippen LogP) is 4.02. The van der Waals surface area contributed by atoms with E-state index in [-0.39, 0.29) is 16.2 Å². The highest BCUT2D eigenvalue weighted by Gasteiger charge is 2.24. The Kier molecular flexibility index (Phi) is 5.29. The molecule has 1 fully saturated rings. The third-order valence-corrected chi connectivity index (χ3v) is 6.21. The highest BCUT2D eigenvalue weighted by atomic mass is 32.2. The van der Waals surface area contributed by atoms with Gasteiger partial charge in [0.2, 0.25) is 0 Å². The van der Waals surface area contributed by atoms with Gasteiger partial charge in [0, 0.05) is 13.1 Å². The number of sulfonamides is 1. The Balaban J connectivity index is 1.87. The fourth-order valence-electron chi connectivity index (χ4n) is 3.19. The van der Waals surface area contributed by atoms with Crippen LogP contribution in [0.1, 0.15) is 49.5 Å². The molecule has 1 saturated heterocycles. The first kappa shape index (κ1) is 19.4. The number of anilines is 1. The number of carbonyl (C=O) groups is 1. The Morgan fingerprint density at radius 3 is 2.15 bits per heavy atom. The van der Waals surface area contributed by atoms with Gasteiger partial charge in [-0.3, -0.25) is 9.52 Å². The summed E-state index contributed by atoms with van der Waals surface area (Å²) in [7, 11) is -3.78. The first-order valence-corrected chi connectivity index (χ1v) is 10.7. The summed E-state index contributed by atoms with van der Waals surface area (Å²) in [6.07, 6.45) is 1.97. The van der Waals surface area contributed by atoms with E-state index in [1.807, 2.05) is 12.1 Å². The topological polar surface area (TPSA) is 66.5 Å². The number of carbonyl (C=O) groups excluding carboxylic acids is 1. The summed E-state index contributed by atoms with van der Waals surface area (Å²) in [5, 5.41) is 0. The van der Waals surface area contributed by atoms with Crippen molar-refractivity contribution in [3.05, 3.63) is 59.7 Å². The van der Waals surface area contributed by atoms with Crippen LogP contribution in [0.3, 0.4) is 0 Å². The Bertz CT molecular complexity index is 923. The third-order valence-electron chi connectivity index (χ3n) is 4.83. The number of amides is 1. The monoisotopic (exact) mass is 386 g/mol. The standard InChI is InChI=1S/C21H26N2O3S/c1-21(2,3)16-10-12-17(13-11-16)27(25,26)22-19-9-5-4-8-18(19)20(24)23-14-6-7-15-23/h4-5,8-13,22H,6-7,14-15H2,1-3H3. The van der Waals surface area contributed by atoms with Crippen molar-refractivity contribution in [2.45, 2.75) is 43.9 Å². The van der Waals surface area contributed by atoms with E-state index in [4.69, 9.17) is 0 Å². The maximum Gasteiger partial charge on any atom is 0.261 e. The Hall–Kier alpha value is -2.34. The summed E-state index contributed by atoms with van der Waals surface area (Å²) in [6, 6.07) is 13.6. The van der Waals surface area contributed by atoms with Gasteiger partial charge in [0.1, 0.15) is 0 Å². The first-order valence-electron chi connectivity index (χ1n) is 9.20. The van der Waals surface area contributed by atoms with Gasteiger partial charge in [-0.1, -0.05) is 45.0 Å². The molecule has 0 unspecified atom stereocenters. The molecular weight excluding hydrogens is 360 g/mol. The van der Waals surface area contributed by atoms with Crippen LogP contribution in [0.5, 0.6) is 0 Å². The molecule has 0 aliphatic carbocycles. The van der Waals surface area contributed by atoms with Gasteiger partial charge in [-0.15, -0.1) is 0 Å². The maximum absolute atomic E-state index is 12.8. The summed E-state index contributed by atoms with van der Waals surface area (Å²) in [6.45, 7) is 7.67. The zero-order chi connectivity index (χ0) is 19.7. The van der Waals surface area contributed by atoms with Crippen molar-refractivity contribution in [3.8, 4) is 0 Å². The highest BCUT2D eigenvalue weighted by molar-refractivity contribution is 7.92. The van der Waals surface area contributed by atoms with Gasteiger partial charge in [-0.05, 0) is 48.1 Å². The summed E-state index contributed by atoms with van der Waals surface area (Å²) < 4.78 is 28.2. The largest absolute Gasteiger partial charge is 0.339 e. The molecule has 0 saturated carbocycles. The molecule has 1 N–H and O–H groups in total. The molecule has 1 aliphatic heterocycles. The zero-order valence-electron chi connectivity index (χ0n) is 16.0. The molecule has 2 aromatic carbocycles. The van der Waals surface area contributed by atoms with E-state index >= 15 is 0 Å². The van der Waals surface area contributed by atoms with Gasteiger partial charge >= 0.3 is 0 Å². The molecule has 1 heterocycles.